The van der Waals surface area contributed by atoms with Crippen LogP contribution in [0, 0.1) is 0 Å². The van der Waals surface area contributed by atoms with Crippen molar-refractivity contribution in [2.24, 2.45) is 5.73 Å². The topological polar surface area (TPSA) is 94.0 Å². The number of nitrogens with zero attached hydrogens (tertiary/aromatic N) is 5. The van der Waals surface area contributed by atoms with Crippen LogP contribution in [0.25, 0.3) is 5.65 Å². The van der Waals surface area contributed by atoms with E-state index in [4.69, 9.17) is 5.73 Å². The highest BCUT2D eigenvalue weighted by molar-refractivity contribution is 5.43. The lowest BCUT2D eigenvalue weighted by molar-refractivity contribution is 0.417. The van der Waals surface area contributed by atoms with Gasteiger partial charge in [0.05, 0.1) is 12.4 Å². The monoisotopic (exact) mass is 235 g/mol. The molecular weight excluding hydrogens is 218 g/mol. The zero-order valence-electron chi connectivity index (χ0n) is 10.1. The minimum atomic E-state index is -0.212. The molecule has 0 aliphatic carbocycles. The second kappa shape index (κ2) is 4.62. The number of hydrogen-bond donors (Lipinski definition) is 2. The van der Waals surface area contributed by atoms with Gasteiger partial charge in [-0.05, 0) is 23.3 Å². The first-order valence-corrected chi connectivity index (χ1v) is 5.73. The molecule has 0 fully saturated rings. The first-order chi connectivity index (χ1) is 8.18. The fourth-order valence-electron chi connectivity index (χ4n) is 1.56. The molecule has 0 bridgehead atoms. The Balaban J connectivity index is 2.16. The van der Waals surface area contributed by atoms with Crippen molar-refractivity contribution in [3.05, 3.63) is 12.4 Å². The average Bonchev–Trinajstić information content (AvgIpc) is 2.84. The van der Waals surface area contributed by atoms with E-state index in [1.54, 1.807) is 16.9 Å². The zero-order valence-corrected chi connectivity index (χ0v) is 10.1. The average molecular weight is 235 g/mol. The van der Waals surface area contributed by atoms with Gasteiger partial charge in [-0.3, -0.25) is 4.98 Å². The number of tetrazole rings is 1. The fourth-order valence-corrected chi connectivity index (χ4v) is 1.56. The van der Waals surface area contributed by atoms with Gasteiger partial charge in [0.2, 0.25) is 0 Å². The van der Waals surface area contributed by atoms with Crippen LogP contribution < -0.4 is 11.1 Å². The summed E-state index contributed by atoms with van der Waals surface area (Å²) in [6.07, 6.45) is 5.13. The maximum atomic E-state index is 6.22. The predicted octanol–water partition coefficient (Wildman–Crippen LogP) is 0.449. The Hall–Kier alpha value is -1.76. The zero-order chi connectivity index (χ0) is 12.3. The summed E-state index contributed by atoms with van der Waals surface area (Å²) in [6, 6.07) is 0. The van der Waals surface area contributed by atoms with Gasteiger partial charge in [0, 0.05) is 12.1 Å². The van der Waals surface area contributed by atoms with Crippen LogP contribution in [0.5, 0.6) is 0 Å². The van der Waals surface area contributed by atoms with Gasteiger partial charge in [-0.1, -0.05) is 13.8 Å². The lowest BCUT2D eigenvalue weighted by Crippen LogP contribution is -2.45. The normalized spacial score (nSPS) is 11.9. The number of nitrogens with one attached hydrogen (secondary N) is 1. The summed E-state index contributed by atoms with van der Waals surface area (Å²) < 4.78 is 1.61. The molecule has 0 radical (unpaired) electrons. The summed E-state index contributed by atoms with van der Waals surface area (Å²) in [6.45, 7) is 4.84. The molecule has 7 heteroatoms. The molecule has 2 aromatic heterocycles. The Kier molecular flexibility index (Phi) is 3.19. The van der Waals surface area contributed by atoms with Gasteiger partial charge >= 0.3 is 0 Å². The number of hydrogen-bond acceptors (Lipinski definition) is 6. The molecule has 0 atom stereocenters. The van der Waals surface area contributed by atoms with E-state index in [2.05, 4.69) is 39.7 Å². The van der Waals surface area contributed by atoms with Gasteiger partial charge in [-0.2, -0.15) is 4.52 Å². The molecule has 2 rings (SSSR count). The van der Waals surface area contributed by atoms with Crippen molar-refractivity contribution in [1.29, 1.82) is 0 Å². The molecule has 0 amide bonds. The summed E-state index contributed by atoms with van der Waals surface area (Å²) in [5.41, 5.74) is 6.62. The molecule has 0 spiro atoms. The maximum Gasteiger partial charge on any atom is 0.199 e. The third-order valence-electron chi connectivity index (χ3n) is 3.14. The second-order valence-electron chi connectivity index (χ2n) is 4.16. The van der Waals surface area contributed by atoms with E-state index >= 15 is 0 Å². The summed E-state index contributed by atoms with van der Waals surface area (Å²) in [4.78, 5) is 4.07. The quantitative estimate of drug-likeness (QED) is 0.781. The first-order valence-electron chi connectivity index (χ1n) is 5.73. The van der Waals surface area contributed by atoms with Crippen molar-refractivity contribution in [3.63, 3.8) is 0 Å². The van der Waals surface area contributed by atoms with Crippen molar-refractivity contribution < 1.29 is 0 Å². The van der Waals surface area contributed by atoms with Crippen LogP contribution in [-0.4, -0.2) is 37.1 Å². The second-order valence-corrected chi connectivity index (χ2v) is 4.16. The van der Waals surface area contributed by atoms with E-state index in [-0.39, 0.29) is 5.54 Å². The van der Waals surface area contributed by atoms with Crippen molar-refractivity contribution >= 4 is 11.5 Å². The third-order valence-corrected chi connectivity index (χ3v) is 3.14. The van der Waals surface area contributed by atoms with E-state index in [1.165, 1.54) is 0 Å². The number of aromatic nitrogens is 5. The fraction of sp³-hybridized carbons (Fsp3) is 0.600. The highest BCUT2D eigenvalue weighted by atomic mass is 15.5. The Labute approximate surface area is 99.4 Å². The highest BCUT2D eigenvalue weighted by Gasteiger charge is 2.20. The maximum absolute atomic E-state index is 6.22. The summed E-state index contributed by atoms with van der Waals surface area (Å²) in [5, 5.41) is 14.6. The van der Waals surface area contributed by atoms with Crippen molar-refractivity contribution in [1.82, 2.24) is 25.0 Å². The number of rotatable bonds is 5. The van der Waals surface area contributed by atoms with E-state index in [9.17, 15) is 0 Å². The number of fused-ring (bicyclic) bond motifs is 1. The highest BCUT2D eigenvalue weighted by Crippen LogP contribution is 2.13. The smallest absolute Gasteiger partial charge is 0.199 e. The lowest BCUT2D eigenvalue weighted by Gasteiger charge is -2.27. The lowest BCUT2D eigenvalue weighted by atomic mass is 9.94. The van der Waals surface area contributed by atoms with E-state index < -0.39 is 0 Å². The van der Waals surface area contributed by atoms with Crippen molar-refractivity contribution in [2.75, 3.05) is 11.9 Å². The van der Waals surface area contributed by atoms with Crippen LogP contribution in [0.2, 0.25) is 0 Å². The van der Waals surface area contributed by atoms with Crippen LogP contribution in [-0.2, 0) is 0 Å². The van der Waals surface area contributed by atoms with Crippen molar-refractivity contribution in [2.45, 2.75) is 32.2 Å². The Morgan fingerprint density at radius 1 is 1.35 bits per heavy atom. The molecule has 0 aliphatic rings. The van der Waals surface area contributed by atoms with Crippen molar-refractivity contribution in [3.8, 4) is 0 Å². The van der Waals surface area contributed by atoms with E-state index in [1.807, 2.05) is 0 Å². The molecule has 0 aliphatic heterocycles. The summed E-state index contributed by atoms with van der Waals surface area (Å²) in [5.74, 6) is 0.754. The predicted molar refractivity (Wildman–Crippen MR) is 64.6 cm³/mol. The molecule has 92 valence electrons. The van der Waals surface area contributed by atoms with Gasteiger partial charge in [0.25, 0.3) is 0 Å². The molecule has 2 heterocycles. The molecule has 0 aromatic carbocycles. The molecule has 3 N–H and O–H groups in total. The Morgan fingerprint density at radius 2 is 2.12 bits per heavy atom. The SMILES string of the molecule is CCC(N)(CC)CNc1cncc2nnnn12. The van der Waals surface area contributed by atoms with Gasteiger partial charge in [-0.15, -0.1) is 5.10 Å². The first kappa shape index (κ1) is 11.7. The van der Waals surface area contributed by atoms with Crippen LogP contribution in [0.1, 0.15) is 26.7 Å². The largest absolute Gasteiger partial charge is 0.367 e. The molecular formula is C10H17N7. The van der Waals surface area contributed by atoms with E-state index in [0.717, 1.165) is 18.7 Å². The van der Waals surface area contributed by atoms with E-state index in [0.29, 0.717) is 12.2 Å². The van der Waals surface area contributed by atoms with Crippen LogP contribution in [0.15, 0.2) is 12.4 Å². The minimum Gasteiger partial charge on any atom is -0.367 e. The third kappa shape index (κ3) is 2.33. The van der Waals surface area contributed by atoms with Gasteiger partial charge in [-0.25, -0.2) is 0 Å². The number of anilines is 1. The van der Waals surface area contributed by atoms with Gasteiger partial charge < -0.3 is 11.1 Å². The molecule has 0 unspecified atom stereocenters. The minimum absolute atomic E-state index is 0.212. The molecule has 17 heavy (non-hydrogen) atoms. The number of nitrogens with two attached hydrogens (primary N) is 1. The summed E-state index contributed by atoms with van der Waals surface area (Å²) in [7, 11) is 0. The Bertz CT molecular complexity index is 488. The van der Waals surface area contributed by atoms with Crippen LogP contribution >= 0.6 is 0 Å². The van der Waals surface area contributed by atoms with Gasteiger partial charge in [0.15, 0.2) is 5.65 Å². The van der Waals surface area contributed by atoms with Crippen LogP contribution in [0.4, 0.5) is 5.82 Å². The summed E-state index contributed by atoms with van der Waals surface area (Å²) >= 11 is 0. The standard InChI is InChI=1S/C10H17N7/c1-3-10(11,4-2)7-13-8-5-12-6-9-14-15-16-17(8)9/h5-6,13H,3-4,7,11H2,1-2H3. The molecule has 2 aromatic rings. The Morgan fingerprint density at radius 3 is 2.82 bits per heavy atom. The van der Waals surface area contributed by atoms with Gasteiger partial charge in [0.1, 0.15) is 5.82 Å². The van der Waals surface area contributed by atoms with Crippen LogP contribution in [0.3, 0.4) is 0 Å². The molecule has 0 saturated carbocycles. The molecule has 7 nitrogen and oxygen atoms in total. The molecule has 0 saturated heterocycles.